The second-order valence-electron chi connectivity index (χ2n) is 4.78. The SMILES string of the molecule is CCCCCC(C)NCCOc1ccc(F)c(Br)c1. The van der Waals surface area contributed by atoms with Crippen LogP contribution in [0, 0.1) is 5.82 Å². The van der Waals surface area contributed by atoms with Crippen LogP contribution in [0.4, 0.5) is 4.39 Å². The van der Waals surface area contributed by atoms with Crippen LogP contribution in [-0.4, -0.2) is 19.2 Å². The van der Waals surface area contributed by atoms with Crippen LogP contribution in [0.5, 0.6) is 5.75 Å². The summed E-state index contributed by atoms with van der Waals surface area (Å²) in [5, 5.41) is 3.43. The van der Waals surface area contributed by atoms with E-state index >= 15 is 0 Å². The summed E-state index contributed by atoms with van der Waals surface area (Å²) in [6.07, 6.45) is 5.04. The van der Waals surface area contributed by atoms with Gasteiger partial charge in [-0.3, -0.25) is 0 Å². The molecule has 0 heterocycles. The van der Waals surface area contributed by atoms with Gasteiger partial charge in [-0.05, 0) is 47.5 Å². The fourth-order valence-corrected chi connectivity index (χ4v) is 2.20. The zero-order valence-corrected chi connectivity index (χ0v) is 13.3. The van der Waals surface area contributed by atoms with Crippen LogP contribution >= 0.6 is 15.9 Å². The Morgan fingerprint density at radius 2 is 2.16 bits per heavy atom. The molecule has 0 saturated heterocycles. The summed E-state index contributed by atoms with van der Waals surface area (Å²) in [5.41, 5.74) is 0. The van der Waals surface area contributed by atoms with E-state index < -0.39 is 0 Å². The molecule has 1 unspecified atom stereocenters. The molecule has 108 valence electrons. The number of ether oxygens (including phenoxy) is 1. The summed E-state index contributed by atoms with van der Waals surface area (Å²) < 4.78 is 19.0. The first-order valence-corrected chi connectivity index (χ1v) is 7.74. The molecule has 0 saturated carbocycles. The lowest BCUT2D eigenvalue weighted by Gasteiger charge is -2.14. The van der Waals surface area contributed by atoms with E-state index in [-0.39, 0.29) is 5.82 Å². The maximum Gasteiger partial charge on any atom is 0.137 e. The Balaban J connectivity index is 2.14. The monoisotopic (exact) mass is 331 g/mol. The lowest BCUT2D eigenvalue weighted by atomic mass is 10.1. The molecule has 1 rings (SSSR count). The average Bonchev–Trinajstić information content (AvgIpc) is 2.39. The highest BCUT2D eigenvalue weighted by atomic mass is 79.9. The molecule has 2 nitrogen and oxygen atoms in total. The van der Waals surface area contributed by atoms with E-state index in [2.05, 4.69) is 35.1 Å². The third kappa shape index (κ3) is 6.92. The van der Waals surface area contributed by atoms with Gasteiger partial charge in [-0.2, -0.15) is 0 Å². The van der Waals surface area contributed by atoms with Gasteiger partial charge in [0.05, 0.1) is 4.47 Å². The van der Waals surface area contributed by atoms with Crippen LogP contribution in [0.15, 0.2) is 22.7 Å². The van der Waals surface area contributed by atoms with Gasteiger partial charge in [0, 0.05) is 12.6 Å². The topological polar surface area (TPSA) is 21.3 Å². The first kappa shape index (κ1) is 16.4. The normalized spacial score (nSPS) is 12.4. The second kappa shape index (κ2) is 9.32. The predicted octanol–water partition coefficient (Wildman–Crippen LogP) is 4.53. The number of benzene rings is 1. The fraction of sp³-hybridized carbons (Fsp3) is 0.600. The highest BCUT2D eigenvalue weighted by Gasteiger charge is 2.02. The number of hydrogen-bond acceptors (Lipinski definition) is 2. The molecule has 0 amide bonds. The standard InChI is InChI=1S/C15H23BrFNO/c1-3-4-5-6-12(2)18-9-10-19-13-7-8-15(17)14(16)11-13/h7-8,11-12,18H,3-6,9-10H2,1-2H3. The Bertz CT molecular complexity index is 373. The Kier molecular flexibility index (Phi) is 8.07. The second-order valence-corrected chi connectivity index (χ2v) is 5.63. The van der Waals surface area contributed by atoms with Crippen LogP contribution < -0.4 is 10.1 Å². The minimum atomic E-state index is -0.268. The van der Waals surface area contributed by atoms with E-state index in [9.17, 15) is 4.39 Å². The number of rotatable bonds is 9. The first-order chi connectivity index (χ1) is 9.13. The molecule has 1 atom stereocenters. The van der Waals surface area contributed by atoms with E-state index in [1.54, 1.807) is 12.1 Å². The van der Waals surface area contributed by atoms with Gasteiger partial charge in [0.25, 0.3) is 0 Å². The van der Waals surface area contributed by atoms with Crippen molar-refractivity contribution in [3.63, 3.8) is 0 Å². The van der Waals surface area contributed by atoms with Crippen LogP contribution in [-0.2, 0) is 0 Å². The minimum Gasteiger partial charge on any atom is -0.492 e. The molecule has 4 heteroatoms. The Hall–Kier alpha value is -0.610. The van der Waals surface area contributed by atoms with Crippen LogP contribution in [0.3, 0.4) is 0 Å². The molecule has 19 heavy (non-hydrogen) atoms. The third-order valence-corrected chi connectivity index (χ3v) is 3.60. The zero-order chi connectivity index (χ0) is 14.1. The Morgan fingerprint density at radius 1 is 1.37 bits per heavy atom. The smallest absolute Gasteiger partial charge is 0.137 e. The molecule has 0 aliphatic rings. The maximum atomic E-state index is 13.0. The minimum absolute atomic E-state index is 0.268. The first-order valence-electron chi connectivity index (χ1n) is 6.94. The molecular formula is C15H23BrFNO. The number of halogens is 2. The molecule has 0 aliphatic heterocycles. The van der Waals surface area contributed by atoms with Crippen molar-refractivity contribution in [2.75, 3.05) is 13.2 Å². The van der Waals surface area contributed by atoms with Gasteiger partial charge in [-0.1, -0.05) is 26.2 Å². The van der Waals surface area contributed by atoms with Gasteiger partial charge in [0.15, 0.2) is 0 Å². The number of hydrogen-bond donors (Lipinski definition) is 1. The molecule has 1 aromatic carbocycles. The molecule has 0 fully saturated rings. The maximum absolute atomic E-state index is 13.0. The van der Waals surface area contributed by atoms with Gasteiger partial charge >= 0.3 is 0 Å². The number of unbranched alkanes of at least 4 members (excludes halogenated alkanes) is 2. The molecule has 0 aromatic heterocycles. The zero-order valence-electron chi connectivity index (χ0n) is 11.7. The Labute approximate surface area is 123 Å². The van der Waals surface area contributed by atoms with Gasteiger partial charge in [0.1, 0.15) is 18.2 Å². The summed E-state index contributed by atoms with van der Waals surface area (Å²) in [5.74, 6) is 0.420. The van der Waals surface area contributed by atoms with Crippen molar-refractivity contribution in [3.05, 3.63) is 28.5 Å². The highest BCUT2D eigenvalue weighted by Crippen LogP contribution is 2.21. The van der Waals surface area contributed by atoms with Gasteiger partial charge < -0.3 is 10.1 Å². The predicted molar refractivity (Wildman–Crippen MR) is 81.2 cm³/mol. The lowest BCUT2D eigenvalue weighted by molar-refractivity contribution is 0.303. The summed E-state index contributed by atoms with van der Waals surface area (Å²) in [4.78, 5) is 0. The van der Waals surface area contributed by atoms with Crippen molar-refractivity contribution in [2.45, 2.75) is 45.6 Å². The molecule has 1 N–H and O–H groups in total. The third-order valence-electron chi connectivity index (χ3n) is 3.00. The van der Waals surface area contributed by atoms with E-state index in [0.29, 0.717) is 22.9 Å². The summed E-state index contributed by atoms with van der Waals surface area (Å²) >= 11 is 3.14. The molecule has 0 spiro atoms. The van der Waals surface area contributed by atoms with Crippen LogP contribution in [0.2, 0.25) is 0 Å². The molecular weight excluding hydrogens is 309 g/mol. The van der Waals surface area contributed by atoms with Crippen molar-refractivity contribution in [2.24, 2.45) is 0 Å². The lowest BCUT2D eigenvalue weighted by Crippen LogP contribution is -2.30. The number of nitrogens with one attached hydrogen (secondary N) is 1. The summed E-state index contributed by atoms with van der Waals surface area (Å²) in [6, 6.07) is 5.22. The van der Waals surface area contributed by atoms with E-state index in [1.165, 1.54) is 31.7 Å². The largest absolute Gasteiger partial charge is 0.492 e. The van der Waals surface area contributed by atoms with Crippen molar-refractivity contribution >= 4 is 15.9 Å². The van der Waals surface area contributed by atoms with Crippen LogP contribution in [0.1, 0.15) is 39.5 Å². The summed E-state index contributed by atoms with van der Waals surface area (Å²) in [7, 11) is 0. The molecule has 0 radical (unpaired) electrons. The van der Waals surface area contributed by atoms with Gasteiger partial charge in [-0.25, -0.2) is 4.39 Å². The molecule has 0 aliphatic carbocycles. The van der Waals surface area contributed by atoms with Gasteiger partial charge in [-0.15, -0.1) is 0 Å². The molecule has 1 aromatic rings. The van der Waals surface area contributed by atoms with E-state index in [4.69, 9.17) is 4.74 Å². The van der Waals surface area contributed by atoms with Gasteiger partial charge in [0.2, 0.25) is 0 Å². The Morgan fingerprint density at radius 3 is 2.84 bits per heavy atom. The summed E-state index contributed by atoms with van der Waals surface area (Å²) in [6.45, 7) is 5.81. The fourth-order valence-electron chi connectivity index (χ4n) is 1.84. The van der Waals surface area contributed by atoms with Crippen molar-refractivity contribution in [3.8, 4) is 5.75 Å². The van der Waals surface area contributed by atoms with Crippen molar-refractivity contribution in [1.82, 2.24) is 5.32 Å². The van der Waals surface area contributed by atoms with Crippen molar-refractivity contribution < 1.29 is 9.13 Å². The van der Waals surface area contributed by atoms with Crippen LogP contribution in [0.25, 0.3) is 0 Å². The quantitative estimate of drug-likeness (QED) is 0.671. The van der Waals surface area contributed by atoms with E-state index in [1.807, 2.05) is 0 Å². The highest BCUT2D eigenvalue weighted by molar-refractivity contribution is 9.10. The average molecular weight is 332 g/mol. The molecule has 0 bridgehead atoms. The van der Waals surface area contributed by atoms with Crippen molar-refractivity contribution in [1.29, 1.82) is 0 Å². The van der Waals surface area contributed by atoms with E-state index in [0.717, 1.165) is 6.54 Å².